The van der Waals surface area contributed by atoms with Crippen molar-refractivity contribution in [1.29, 1.82) is 0 Å². The predicted octanol–water partition coefficient (Wildman–Crippen LogP) is 2.94. The summed E-state index contributed by atoms with van der Waals surface area (Å²) in [5.41, 5.74) is 2.03. The highest BCUT2D eigenvalue weighted by Crippen LogP contribution is 2.09. The second-order valence-corrected chi connectivity index (χ2v) is 4.41. The van der Waals surface area contributed by atoms with Gasteiger partial charge in [-0.05, 0) is 30.9 Å². The molecule has 2 heteroatoms. The molecule has 0 saturated carbocycles. The van der Waals surface area contributed by atoms with Crippen molar-refractivity contribution in [2.24, 2.45) is 5.92 Å². The van der Waals surface area contributed by atoms with Gasteiger partial charge in [-0.2, -0.15) is 0 Å². The van der Waals surface area contributed by atoms with Gasteiger partial charge in [0.2, 0.25) is 0 Å². The van der Waals surface area contributed by atoms with Crippen molar-refractivity contribution in [1.82, 2.24) is 4.98 Å². The number of Topliss-reactive ketones (excluding diaryl/α,β-unsaturated/α-hetero) is 1. The van der Waals surface area contributed by atoms with Crippen molar-refractivity contribution < 1.29 is 4.79 Å². The summed E-state index contributed by atoms with van der Waals surface area (Å²) in [5, 5.41) is 0. The number of rotatable bonds is 5. The molecule has 0 amide bonds. The molecule has 1 aromatic rings. The monoisotopic (exact) mass is 205 g/mol. The SMILES string of the molecule is Cc1cccnc1CC(=O)CCC(C)C. The molecule has 0 unspecified atom stereocenters. The molecule has 0 aliphatic carbocycles. The van der Waals surface area contributed by atoms with Crippen molar-refractivity contribution in [2.75, 3.05) is 0 Å². The maximum Gasteiger partial charge on any atom is 0.138 e. The Bertz CT molecular complexity index is 331. The Labute approximate surface area is 91.7 Å². The van der Waals surface area contributed by atoms with E-state index in [9.17, 15) is 4.79 Å². The first-order chi connectivity index (χ1) is 7.09. The average Bonchev–Trinajstić information content (AvgIpc) is 2.18. The topological polar surface area (TPSA) is 30.0 Å². The van der Waals surface area contributed by atoms with Gasteiger partial charge in [-0.3, -0.25) is 9.78 Å². The van der Waals surface area contributed by atoms with Gasteiger partial charge in [0, 0.05) is 19.0 Å². The fourth-order valence-electron chi connectivity index (χ4n) is 1.43. The van der Waals surface area contributed by atoms with E-state index in [0.29, 0.717) is 24.5 Å². The van der Waals surface area contributed by atoms with Gasteiger partial charge in [0.05, 0.1) is 5.69 Å². The number of nitrogens with zero attached hydrogens (tertiary/aromatic N) is 1. The first kappa shape index (κ1) is 11.9. The largest absolute Gasteiger partial charge is 0.299 e. The van der Waals surface area contributed by atoms with Crippen molar-refractivity contribution in [3.8, 4) is 0 Å². The molecule has 0 spiro atoms. The molecule has 1 aromatic heterocycles. The molecule has 0 N–H and O–H groups in total. The second-order valence-electron chi connectivity index (χ2n) is 4.41. The predicted molar refractivity (Wildman–Crippen MR) is 61.8 cm³/mol. The van der Waals surface area contributed by atoms with E-state index in [4.69, 9.17) is 0 Å². The Morgan fingerprint density at radius 1 is 1.47 bits per heavy atom. The van der Waals surface area contributed by atoms with Crippen LogP contribution in [0.3, 0.4) is 0 Å². The Kier molecular flexibility index (Phi) is 4.47. The van der Waals surface area contributed by atoms with Gasteiger partial charge in [0.25, 0.3) is 0 Å². The summed E-state index contributed by atoms with van der Waals surface area (Å²) in [5.74, 6) is 0.893. The van der Waals surface area contributed by atoms with Gasteiger partial charge in [-0.1, -0.05) is 19.9 Å². The van der Waals surface area contributed by atoms with E-state index < -0.39 is 0 Å². The number of aromatic nitrogens is 1. The minimum Gasteiger partial charge on any atom is -0.299 e. The summed E-state index contributed by atoms with van der Waals surface area (Å²) >= 11 is 0. The van der Waals surface area contributed by atoms with Gasteiger partial charge in [-0.15, -0.1) is 0 Å². The molecular weight excluding hydrogens is 186 g/mol. The highest BCUT2D eigenvalue weighted by molar-refractivity contribution is 5.80. The third-order valence-electron chi connectivity index (χ3n) is 2.48. The van der Waals surface area contributed by atoms with E-state index in [1.807, 2.05) is 19.1 Å². The number of aryl methyl sites for hydroxylation is 1. The number of hydrogen-bond acceptors (Lipinski definition) is 2. The fourth-order valence-corrected chi connectivity index (χ4v) is 1.43. The van der Waals surface area contributed by atoms with Gasteiger partial charge in [-0.25, -0.2) is 0 Å². The van der Waals surface area contributed by atoms with Crippen molar-refractivity contribution >= 4 is 5.78 Å². The summed E-state index contributed by atoms with van der Waals surface area (Å²) < 4.78 is 0. The summed E-state index contributed by atoms with van der Waals surface area (Å²) in [6.07, 6.45) is 3.88. The smallest absolute Gasteiger partial charge is 0.138 e. The maximum absolute atomic E-state index is 11.6. The van der Waals surface area contributed by atoms with Crippen LogP contribution in [0.15, 0.2) is 18.3 Å². The van der Waals surface area contributed by atoms with Crippen LogP contribution in [0.25, 0.3) is 0 Å². The zero-order valence-corrected chi connectivity index (χ0v) is 9.79. The first-order valence-corrected chi connectivity index (χ1v) is 5.51. The number of pyridine rings is 1. The summed E-state index contributed by atoms with van der Waals surface area (Å²) in [6.45, 7) is 6.27. The standard InChI is InChI=1S/C13H19NO/c1-10(2)6-7-12(15)9-13-11(3)5-4-8-14-13/h4-5,8,10H,6-7,9H2,1-3H3. The third-order valence-corrected chi connectivity index (χ3v) is 2.48. The minimum absolute atomic E-state index is 0.297. The zero-order valence-electron chi connectivity index (χ0n) is 9.79. The molecule has 15 heavy (non-hydrogen) atoms. The summed E-state index contributed by atoms with van der Waals surface area (Å²) in [7, 11) is 0. The van der Waals surface area contributed by atoms with Gasteiger partial charge in [0.15, 0.2) is 0 Å². The molecule has 1 rings (SSSR count). The number of carbonyl (C=O) groups is 1. The Balaban J connectivity index is 2.48. The van der Waals surface area contributed by atoms with Crippen LogP contribution in [0.5, 0.6) is 0 Å². The zero-order chi connectivity index (χ0) is 11.3. The van der Waals surface area contributed by atoms with Crippen LogP contribution in [-0.2, 0) is 11.2 Å². The van der Waals surface area contributed by atoms with Crippen LogP contribution < -0.4 is 0 Å². The van der Waals surface area contributed by atoms with E-state index in [-0.39, 0.29) is 0 Å². The first-order valence-electron chi connectivity index (χ1n) is 5.51. The van der Waals surface area contributed by atoms with Crippen molar-refractivity contribution in [3.63, 3.8) is 0 Å². The van der Waals surface area contributed by atoms with E-state index in [0.717, 1.165) is 17.7 Å². The van der Waals surface area contributed by atoms with E-state index >= 15 is 0 Å². The molecule has 0 fully saturated rings. The molecule has 0 radical (unpaired) electrons. The van der Waals surface area contributed by atoms with E-state index in [2.05, 4.69) is 18.8 Å². The Morgan fingerprint density at radius 2 is 2.20 bits per heavy atom. The molecule has 0 bridgehead atoms. The van der Waals surface area contributed by atoms with Crippen molar-refractivity contribution in [2.45, 2.75) is 40.0 Å². The molecule has 0 aromatic carbocycles. The van der Waals surface area contributed by atoms with Crippen LogP contribution >= 0.6 is 0 Å². The van der Waals surface area contributed by atoms with Crippen LogP contribution in [0.4, 0.5) is 0 Å². The van der Waals surface area contributed by atoms with E-state index in [1.165, 1.54) is 0 Å². The highest BCUT2D eigenvalue weighted by Gasteiger charge is 2.07. The lowest BCUT2D eigenvalue weighted by Crippen LogP contribution is -2.07. The Morgan fingerprint density at radius 3 is 2.80 bits per heavy atom. The molecular formula is C13H19NO. The van der Waals surface area contributed by atoms with Gasteiger partial charge < -0.3 is 0 Å². The molecule has 1 heterocycles. The van der Waals surface area contributed by atoms with E-state index in [1.54, 1.807) is 6.20 Å². The average molecular weight is 205 g/mol. The summed E-state index contributed by atoms with van der Waals surface area (Å²) in [4.78, 5) is 15.9. The van der Waals surface area contributed by atoms with Crippen LogP contribution in [0, 0.1) is 12.8 Å². The number of hydrogen-bond donors (Lipinski definition) is 0. The highest BCUT2D eigenvalue weighted by atomic mass is 16.1. The lowest BCUT2D eigenvalue weighted by atomic mass is 10.0. The molecule has 0 aliphatic rings. The third kappa shape index (κ3) is 4.24. The normalized spacial score (nSPS) is 10.7. The van der Waals surface area contributed by atoms with Crippen LogP contribution in [0.1, 0.15) is 37.9 Å². The quantitative estimate of drug-likeness (QED) is 0.739. The Hall–Kier alpha value is -1.18. The molecule has 0 saturated heterocycles. The van der Waals surface area contributed by atoms with Gasteiger partial charge >= 0.3 is 0 Å². The number of ketones is 1. The van der Waals surface area contributed by atoms with Crippen molar-refractivity contribution in [3.05, 3.63) is 29.6 Å². The molecule has 0 aliphatic heterocycles. The fraction of sp³-hybridized carbons (Fsp3) is 0.538. The van der Waals surface area contributed by atoms with Gasteiger partial charge in [0.1, 0.15) is 5.78 Å². The lowest BCUT2D eigenvalue weighted by molar-refractivity contribution is -0.118. The second kappa shape index (κ2) is 5.64. The number of carbonyl (C=O) groups excluding carboxylic acids is 1. The molecule has 0 atom stereocenters. The van der Waals surface area contributed by atoms with Crippen LogP contribution in [0.2, 0.25) is 0 Å². The minimum atomic E-state index is 0.297. The molecule has 2 nitrogen and oxygen atoms in total. The molecule has 82 valence electrons. The van der Waals surface area contributed by atoms with Crippen LogP contribution in [-0.4, -0.2) is 10.8 Å². The lowest BCUT2D eigenvalue weighted by Gasteiger charge is -2.05. The maximum atomic E-state index is 11.6. The summed E-state index contributed by atoms with van der Waals surface area (Å²) in [6, 6.07) is 3.90.